The fourth-order valence-corrected chi connectivity index (χ4v) is 2.82. The van der Waals surface area contributed by atoms with Crippen molar-refractivity contribution in [2.45, 2.75) is 71.5 Å². The van der Waals surface area contributed by atoms with Crippen molar-refractivity contribution in [1.29, 1.82) is 0 Å². The average molecular weight is 296 g/mol. The Bertz CT molecular complexity index is 401. The fraction of sp³-hybridized carbons (Fsp3) is 0.688. The molecule has 4 heteroatoms. The van der Waals surface area contributed by atoms with Gasteiger partial charge in [-0.05, 0) is 45.1 Å². The minimum absolute atomic E-state index is 0.0782. The first-order chi connectivity index (χ1) is 9.39. The van der Waals surface area contributed by atoms with Crippen molar-refractivity contribution >= 4 is 17.2 Å². The van der Waals surface area contributed by atoms with Crippen LogP contribution in [0, 0.1) is 0 Å². The molecule has 1 amide bonds. The zero-order valence-electron chi connectivity index (χ0n) is 13.3. The molecule has 0 aliphatic heterocycles. The van der Waals surface area contributed by atoms with Gasteiger partial charge in [-0.15, -0.1) is 11.3 Å². The SMILES string of the molecule is CCCC(NC(C)C(=O)NC(C)(C)CC)c1cccs1. The molecule has 1 heterocycles. The first kappa shape index (κ1) is 17.2. The van der Waals surface area contributed by atoms with E-state index < -0.39 is 0 Å². The van der Waals surface area contributed by atoms with Crippen LogP contribution in [0.5, 0.6) is 0 Å². The highest BCUT2D eigenvalue weighted by Gasteiger charge is 2.24. The molecular weight excluding hydrogens is 268 g/mol. The van der Waals surface area contributed by atoms with E-state index in [0.29, 0.717) is 0 Å². The Morgan fingerprint density at radius 1 is 1.40 bits per heavy atom. The predicted molar refractivity (Wildman–Crippen MR) is 87.1 cm³/mol. The molecule has 0 saturated carbocycles. The normalized spacial score (nSPS) is 14.8. The Hall–Kier alpha value is -0.870. The molecule has 114 valence electrons. The maximum Gasteiger partial charge on any atom is 0.237 e. The lowest BCUT2D eigenvalue weighted by molar-refractivity contribution is -0.124. The van der Waals surface area contributed by atoms with E-state index in [2.05, 4.69) is 55.8 Å². The van der Waals surface area contributed by atoms with Gasteiger partial charge in [0, 0.05) is 16.5 Å². The quantitative estimate of drug-likeness (QED) is 0.764. The number of nitrogens with one attached hydrogen (secondary N) is 2. The summed E-state index contributed by atoms with van der Waals surface area (Å²) in [5.41, 5.74) is -0.143. The Labute approximate surface area is 127 Å². The first-order valence-electron chi connectivity index (χ1n) is 7.51. The van der Waals surface area contributed by atoms with Crippen LogP contribution in [0.3, 0.4) is 0 Å². The summed E-state index contributed by atoms with van der Waals surface area (Å²) in [5.74, 6) is 0.0782. The Kier molecular flexibility index (Phi) is 6.69. The summed E-state index contributed by atoms with van der Waals surface area (Å²) >= 11 is 1.75. The smallest absolute Gasteiger partial charge is 0.237 e. The van der Waals surface area contributed by atoms with Gasteiger partial charge in [-0.1, -0.05) is 26.3 Å². The molecule has 1 rings (SSSR count). The second-order valence-corrected chi connectivity index (χ2v) is 6.95. The molecule has 20 heavy (non-hydrogen) atoms. The largest absolute Gasteiger partial charge is 0.350 e. The number of rotatable bonds is 8. The van der Waals surface area contributed by atoms with E-state index in [1.54, 1.807) is 11.3 Å². The minimum Gasteiger partial charge on any atom is -0.350 e. The molecule has 1 aromatic rings. The van der Waals surface area contributed by atoms with Crippen molar-refractivity contribution < 1.29 is 4.79 Å². The van der Waals surface area contributed by atoms with Gasteiger partial charge in [-0.2, -0.15) is 0 Å². The minimum atomic E-state index is -0.181. The summed E-state index contributed by atoms with van der Waals surface area (Å²) in [5, 5.41) is 8.65. The number of thiophene rings is 1. The van der Waals surface area contributed by atoms with Crippen molar-refractivity contribution in [3.05, 3.63) is 22.4 Å². The number of hydrogen-bond donors (Lipinski definition) is 2. The van der Waals surface area contributed by atoms with Crippen molar-refractivity contribution in [1.82, 2.24) is 10.6 Å². The summed E-state index contributed by atoms with van der Waals surface area (Å²) in [6.45, 7) is 10.3. The zero-order valence-corrected chi connectivity index (χ0v) is 14.1. The van der Waals surface area contributed by atoms with E-state index in [1.165, 1.54) is 4.88 Å². The van der Waals surface area contributed by atoms with E-state index in [-0.39, 0.29) is 23.5 Å². The highest BCUT2D eigenvalue weighted by atomic mass is 32.1. The summed E-state index contributed by atoms with van der Waals surface area (Å²) in [4.78, 5) is 13.6. The van der Waals surface area contributed by atoms with E-state index in [9.17, 15) is 4.79 Å². The highest BCUT2D eigenvalue weighted by molar-refractivity contribution is 7.10. The van der Waals surface area contributed by atoms with Gasteiger partial charge in [-0.3, -0.25) is 10.1 Å². The first-order valence-corrected chi connectivity index (χ1v) is 8.39. The van der Waals surface area contributed by atoms with Gasteiger partial charge in [-0.25, -0.2) is 0 Å². The van der Waals surface area contributed by atoms with Crippen LogP contribution in [-0.4, -0.2) is 17.5 Å². The van der Waals surface area contributed by atoms with Crippen molar-refractivity contribution in [3.63, 3.8) is 0 Å². The monoisotopic (exact) mass is 296 g/mol. The number of hydrogen-bond acceptors (Lipinski definition) is 3. The van der Waals surface area contributed by atoms with Gasteiger partial charge in [0.25, 0.3) is 0 Å². The maximum absolute atomic E-state index is 12.3. The highest BCUT2D eigenvalue weighted by Crippen LogP contribution is 2.23. The molecule has 0 bridgehead atoms. The Morgan fingerprint density at radius 2 is 2.10 bits per heavy atom. The van der Waals surface area contributed by atoms with Gasteiger partial charge in [0.15, 0.2) is 0 Å². The van der Waals surface area contributed by atoms with Crippen LogP contribution in [0.15, 0.2) is 17.5 Å². The van der Waals surface area contributed by atoms with Crippen LogP contribution in [0.2, 0.25) is 0 Å². The molecule has 0 fully saturated rings. The third kappa shape index (κ3) is 5.25. The van der Waals surface area contributed by atoms with Gasteiger partial charge >= 0.3 is 0 Å². The summed E-state index contributed by atoms with van der Waals surface area (Å²) < 4.78 is 0. The average Bonchev–Trinajstić information content (AvgIpc) is 2.91. The van der Waals surface area contributed by atoms with Gasteiger partial charge in [0.1, 0.15) is 0 Å². The van der Waals surface area contributed by atoms with Crippen molar-refractivity contribution in [2.24, 2.45) is 0 Å². The van der Waals surface area contributed by atoms with E-state index in [4.69, 9.17) is 0 Å². The molecular formula is C16H28N2OS. The molecule has 2 atom stereocenters. The third-order valence-electron chi connectivity index (χ3n) is 3.65. The lowest BCUT2D eigenvalue weighted by Gasteiger charge is -2.28. The fourth-order valence-electron chi connectivity index (χ4n) is 1.99. The van der Waals surface area contributed by atoms with E-state index >= 15 is 0 Å². The number of carbonyl (C=O) groups excluding carboxylic acids is 1. The van der Waals surface area contributed by atoms with Crippen LogP contribution in [0.4, 0.5) is 0 Å². The lowest BCUT2D eigenvalue weighted by Crippen LogP contribution is -2.51. The summed E-state index contributed by atoms with van der Waals surface area (Å²) in [7, 11) is 0. The van der Waals surface area contributed by atoms with Crippen LogP contribution < -0.4 is 10.6 Å². The molecule has 1 aromatic heterocycles. The molecule has 0 saturated heterocycles. The van der Waals surface area contributed by atoms with E-state index in [1.807, 2.05) is 6.92 Å². The van der Waals surface area contributed by atoms with Gasteiger partial charge in [0.2, 0.25) is 5.91 Å². The zero-order chi connectivity index (χ0) is 15.2. The van der Waals surface area contributed by atoms with Crippen molar-refractivity contribution in [3.8, 4) is 0 Å². The van der Waals surface area contributed by atoms with Crippen molar-refractivity contribution in [2.75, 3.05) is 0 Å². The van der Waals surface area contributed by atoms with Gasteiger partial charge < -0.3 is 5.32 Å². The van der Waals surface area contributed by atoms with Crippen LogP contribution >= 0.6 is 11.3 Å². The molecule has 0 spiro atoms. The topological polar surface area (TPSA) is 41.1 Å². The Morgan fingerprint density at radius 3 is 2.60 bits per heavy atom. The molecule has 2 N–H and O–H groups in total. The molecule has 0 aliphatic carbocycles. The maximum atomic E-state index is 12.3. The Balaban J connectivity index is 2.62. The third-order valence-corrected chi connectivity index (χ3v) is 4.64. The summed E-state index contributed by atoms with van der Waals surface area (Å²) in [6.07, 6.45) is 3.08. The molecule has 3 nitrogen and oxygen atoms in total. The standard InChI is InChI=1S/C16H28N2OS/c1-6-9-13(14-10-8-11-20-14)17-12(3)15(19)18-16(4,5)7-2/h8,10-13,17H,6-7,9H2,1-5H3,(H,18,19). The number of amides is 1. The molecule has 0 aliphatic rings. The van der Waals surface area contributed by atoms with E-state index in [0.717, 1.165) is 19.3 Å². The molecule has 2 unspecified atom stereocenters. The summed E-state index contributed by atoms with van der Waals surface area (Å²) in [6, 6.07) is 4.29. The van der Waals surface area contributed by atoms with Crippen LogP contribution in [0.1, 0.15) is 64.8 Å². The predicted octanol–water partition coefficient (Wildman–Crippen LogP) is 3.87. The molecule has 0 radical (unpaired) electrons. The van der Waals surface area contributed by atoms with Gasteiger partial charge in [0.05, 0.1) is 6.04 Å². The second-order valence-electron chi connectivity index (χ2n) is 5.97. The van der Waals surface area contributed by atoms with Crippen LogP contribution in [0.25, 0.3) is 0 Å². The number of carbonyl (C=O) groups is 1. The second kappa shape index (κ2) is 7.79. The van der Waals surface area contributed by atoms with Crippen LogP contribution in [-0.2, 0) is 4.79 Å². The molecule has 0 aromatic carbocycles. The lowest BCUT2D eigenvalue weighted by atomic mass is 10.0.